The number of benzene rings is 1. The van der Waals surface area contributed by atoms with Gasteiger partial charge in [0.25, 0.3) is 5.91 Å². The number of ether oxygens (including phenoxy) is 1. The van der Waals surface area contributed by atoms with Gasteiger partial charge in [-0.15, -0.1) is 0 Å². The van der Waals surface area contributed by atoms with Crippen molar-refractivity contribution in [3.8, 4) is 11.5 Å². The number of aromatic hydroxyl groups is 1. The molecule has 0 fully saturated rings. The van der Waals surface area contributed by atoms with Crippen LogP contribution in [0.3, 0.4) is 0 Å². The summed E-state index contributed by atoms with van der Waals surface area (Å²) in [7, 11) is 4.74. The minimum absolute atomic E-state index is 0.0203. The Labute approximate surface area is 124 Å². The molecule has 6 heteroatoms. The molecule has 0 aliphatic carbocycles. The van der Waals surface area contributed by atoms with Crippen LogP contribution in [0.25, 0.3) is 0 Å². The number of carbonyl (C=O) groups is 2. The van der Waals surface area contributed by atoms with Crippen molar-refractivity contribution in [3.05, 3.63) is 23.8 Å². The van der Waals surface area contributed by atoms with Gasteiger partial charge in [-0.3, -0.25) is 9.59 Å². The van der Waals surface area contributed by atoms with Crippen molar-refractivity contribution >= 4 is 11.8 Å². The molecule has 21 heavy (non-hydrogen) atoms. The summed E-state index contributed by atoms with van der Waals surface area (Å²) in [6.45, 7) is 2.43. The van der Waals surface area contributed by atoms with Crippen LogP contribution in [-0.4, -0.2) is 61.0 Å². The number of carbonyl (C=O) groups excluding carboxylic acids is 2. The molecular weight excluding hydrogens is 272 g/mol. The minimum Gasteiger partial charge on any atom is -0.504 e. The molecule has 0 heterocycles. The van der Waals surface area contributed by atoms with E-state index in [0.717, 1.165) is 6.42 Å². The quantitative estimate of drug-likeness (QED) is 0.859. The standard InChI is InChI=1S/C15H22N2O4/c1-5-8-17(10-14(19)16(2)3)15(20)11-6-7-13(21-4)12(18)9-11/h6-7,9,18H,5,8,10H2,1-4H3. The Balaban J connectivity index is 2.95. The average molecular weight is 294 g/mol. The number of methoxy groups -OCH3 is 1. The molecule has 1 aromatic carbocycles. The van der Waals surface area contributed by atoms with Gasteiger partial charge in [0.05, 0.1) is 7.11 Å². The zero-order valence-electron chi connectivity index (χ0n) is 12.9. The van der Waals surface area contributed by atoms with Crippen molar-refractivity contribution in [2.45, 2.75) is 13.3 Å². The van der Waals surface area contributed by atoms with Crippen molar-refractivity contribution in [2.24, 2.45) is 0 Å². The van der Waals surface area contributed by atoms with Gasteiger partial charge in [-0.05, 0) is 24.6 Å². The normalized spacial score (nSPS) is 10.1. The predicted octanol–water partition coefficient (Wildman–Crippen LogP) is 1.34. The van der Waals surface area contributed by atoms with E-state index >= 15 is 0 Å². The minimum atomic E-state index is -0.287. The van der Waals surface area contributed by atoms with E-state index in [1.165, 1.54) is 29.0 Å². The van der Waals surface area contributed by atoms with E-state index in [-0.39, 0.29) is 24.1 Å². The number of nitrogens with zero attached hydrogens (tertiary/aromatic N) is 2. The van der Waals surface area contributed by atoms with Crippen LogP contribution in [0, 0.1) is 0 Å². The van der Waals surface area contributed by atoms with Crippen LogP contribution < -0.4 is 4.74 Å². The maximum Gasteiger partial charge on any atom is 0.254 e. The highest BCUT2D eigenvalue weighted by atomic mass is 16.5. The Morgan fingerprint density at radius 1 is 1.29 bits per heavy atom. The summed E-state index contributed by atoms with van der Waals surface area (Å²) in [5, 5.41) is 9.75. The van der Waals surface area contributed by atoms with Crippen LogP contribution in [0.15, 0.2) is 18.2 Å². The summed E-state index contributed by atoms with van der Waals surface area (Å²) < 4.78 is 4.95. The average Bonchev–Trinajstić information content (AvgIpc) is 2.45. The largest absolute Gasteiger partial charge is 0.504 e. The predicted molar refractivity (Wildman–Crippen MR) is 79.5 cm³/mol. The highest BCUT2D eigenvalue weighted by Crippen LogP contribution is 2.26. The molecule has 0 radical (unpaired) electrons. The summed E-state index contributed by atoms with van der Waals surface area (Å²) in [4.78, 5) is 27.2. The van der Waals surface area contributed by atoms with E-state index < -0.39 is 0 Å². The van der Waals surface area contributed by atoms with Crippen molar-refractivity contribution in [1.82, 2.24) is 9.80 Å². The van der Waals surface area contributed by atoms with Crippen LogP contribution >= 0.6 is 0 Å². The zero-order valence-corrected chi connectivity index (χ0v) is 12.9. The van der Waals surface area contributed by atoms with Gasteiger partial charge < -0.3 is 19.6 Å². The Morgan fingerprint density at radius 3 is 2.43 bits per heavy atom. The van der Waals surface area contributed by atoms with Crippen LogP contribution in [0.4, 0.5) is 0 Å². The lowest BCUT2D eigenvalue weighted by Crippen LogP contribution is -2.40. The molecule has 0 aromatic heterocycles. The molecule has 1 aromatic rings. The fourth-order valence-corrected chi connectivity index (χ4v) is 1.83. The molecule has 0 bridgehead atoms. The first-order valence-corrected chi connectivity index (χ1v) is 6.77. The summed E-state index contributed by atoms with van der Waals surface area (Å²) in [5.41, 5.74) is 0.327. The van der Waals surface area contributed by atoms with E-state index in [9.17, 15) is 14.7 Å². The van der Waals surface area contributed by atoms with E-state index in [2.05, 4.69) is 0 Å². The first-order valence-electron chi connectivity index (χ1n) is 6.77. The van der Waals surface area contributed by atoms with Crippen LogP contribution in [0.1, 0.15) is 23.7 Å². The summed E-state index contributed by atoms with van der Waals surface area (Å²) in [6.07, 6.45) is 0.745. The third kappa shape index (κ3) is 4.37. The number of amides is 2. The second-order valence-corrected chi connectivity index (χ2v) is 4.90. The van der Waals surface area contributed by atoms with Gasteiger partial charge in [0.15, 0.2) is 11.5 Å². The SMILES string of the molecule is CCCN(CC(=O)N(C)C)C(=O)c1ccc(OC)c(O)c1. The van der Waals surface area contributed by atoms with Crippen molar-refractivity contribution < 1.29 is 19.4 Å². The lowest BCUT2D eigenvalue weighted by molar-refractivity contribution is -0.129. The van der Waals surface area contributed by atoms with Gasteiger partial charge >= 0.3 is 0 Å². The number of rotatable bonds is 6. The summed E-state index contributed by atoms with van der Waals surface area (Å²) in [5.74, 6) is -0.226. The maximum atomic E-state index is 12.4. The number of likely N-dealkylation sites (N-methyl/N-ethyl adjacent to an activating group) is 1. The molecule has 0 unspecified atom stereocenters. The molecule has 0 saturated heterocycles. The molecular formula is C15H22N2O4. The van der Waals surface area contributed by atoms with Crippen LogP contribution in [-0.2, 0) is 4.79 Å². The summed E-state index contributed by atoms with van der Waals surface area (Å²) >= 11 is 0. The highest BCUT2D eigenvalue weighted by molar-refractivity contribution is 5.97. The maximum absolute atomic E-state index is 12.4. The van der Waals surface area contributed by atoms with Gasteiger partial charge in [0.2, 0.25) is 5.91 Å². The van der Waals surface area contributed by atoms with Crippen molar-refractivity contribution in [1.29, 1.82) is 0 Å². The number of phenolic OH excluding ortho intramolecular Hbond substituents is 1. The van der Waals surface area contributed by atoms with Crippen LogP contribution in [0.2, 0.25) is 0 Å². The molecule has 0 atom stereocenters. The van der Waals surface area contributed by atoms with Gasteiger partial charge in [0.1, 0.15) is 6.54 Å². The highest BCUT2D eigenvalue weighted by Gasteiger charge is 2.20. The molecule has 116 valence electrons. The number of phenols is 1. The molecule has 6 nitrogen and oxygen atoms in total. The lowest BCUT2D eigenvalue weighted by Gasteiger charge is -2.23. The Hall–Kier alpha value is -2.24. The topological polar surface area (TPSA) is 70.1 Å². The Bertz CT molecular complexity index is 514. The monoisotopic (exact) mass is 294 g/mol. The first-order chi connectivity index (χ1) is 9.90. The Kier molecular flexibility index (Phi) is 6.02. The van der Waals surface area contributed by atoms with Crippen molar-refractivity contribution in [2.75, 3.05) is 34.3 Å². The van der Waals surface area contributed by atoms with Crippen molar-refractivity contribution in [3.63, 3.8) is 0 Å². The molecule has 1 rings (SSSR count). The zero-order chi connectivity index (χ0) is 16.0. The van der Waals surface area contributed by atoms with E-state index in [1.54, 1.807) is 20.2 Å². The third-order valence-electron chi connectivity index (χ3n) is 3.03. The van der Waals surface area contributed by atoms with Gasteiger partial charge in [-0.2, -0.15) is 0 Å². The third-order valence-corrected chi connectivity index (χ3v) is 3.03. The Morgan fingerprint density at radius 2 is 1.95 bits per heavy atom. The molecule has 0 aliphatic heterocycles. The summed E-state index contributed by atoms with van der Waals surface area (Å²) in [6, 6.07) is 4.45. The van der Waals surface area contributed by atoms with E-state index in [0.29, 0.717) is 17.9 Å². The molecule has 2 amide bonds. The van der Waals surface area contributed by atoms with Gasteiger partial charge in [-0.1, -0.05) is 6.92 Å². The molecule has 0 saturated carbocycles. The second-order valence-electron chi connectivity index (χ2n) is 4.90. The smallest absolute Gasteiger partial charge is 0.254 e. The first kappa shape index (κ1) is 16.8. The fourth-order valence-electron chi connectivity index (χ4n) is 1.83. The van der Waals surface area contributed by atoms with E-state index in [1.807, 2.05) is 6.92 Å². The second kappa shape index (κ2) is 7.52. The number of hydrogen-bond acceptors (Lipinski definition) is 4. The van der Waals surface area contributed by atoms with Gasteiger partial charge in [0, 0.05) is 26.2 Å². The molecule has 1 N–H and O–H groups in total. The number of hydrogen-bond donors (Lipinski definition) is 1. The van der Waals surface area contributed by atoms with Crippen LogP contribution in [0.5, 0.6) is 11.5 Å². The lowest BCUT2D eigenvalue weighted by atomic mass is 10.1. The fraction of sp³-hybridized carbons (Fsp3) is 0.467. The van der Waals surface area contributed by atoms with E-state index in [4.69, 9.17) is 4.74 Å². The molecule has 0 aliphatic rings. The molecule has 0 spiro atoms. The van der Waals surface area contributed by atoms with Gasteiger partial charge in [-0.25, -0.2) is 0 Å².